The number of nitrogens with two attached hydrogens (primary N) is 1. The van der Waals surface area contributed by atoms with Crippen molar-refractivity contribution in [3.05, 3.63) is 29.8 Å². The SMILES string of the molecule is CC(C)[C@H](N)CC(=O)N[C@@H]1CC[C@H]2CN(S(=O)(=O)c3cccc(C(F)(F)F)c3)C[C@H]21. The van der Waals surface area contributed by atoms with Crippen molar-refractivity contribution in [2.24, 2.45) is 23.5 Å². The van der Waals surface area contributed by atoms with Crippen molar-refractivity contribution in [2.75, 3.05) is 13.1 Å². The van der Waals surface area contributed by atoms with Crippen molar-refractivity contribution >= 4 is 15.9 Å². The van der Waals surface area contributed by atoms with E-state index in [0.29, 0.717) is 6.07 Å². The van der Waals surface area contributed by atoms with E-state index >= 15 is 0 Å². The minimum Gasteiger partial charge on any atom is -0.353 e. The molecule has 3 N–H and O–H groups in total. The van der Waals surface area contributed by atoms with Gasteiger partial charge in [-0.1, -0.05) is 19.9 Å². The Balaban J connectivity index is 1.69. The summed E-state index contributed by atoms with van der Waals surface area (Å²) in [7, 11) is -4.05. The van der Waals surface area contributed by atoms with Crippen LogP contribution >= 0.6 is 0 Å². The van der Waals surface area contributed by atoms with Gasteiger partial charge in [0.15, 0.2) is 0 Å². The van der Waals surface area contributed by atoms with Crippen LogP contribution in [0.1, 0.15) is 38.7 Å². The number of sulfonamides is 1. The fraction of sp³-hybridized carbons (Fsp3) is 0.650. The smallest absolute Gasteiger partial charge is 0.353 e. The summed E-state index contributed by atoms with van der Waals surface area (Å²) in [5.41, 5.74) is 4.97. The minimum absolute atomic E-state index is 0.0511. The lowest BCUT2D eigenvalue weighted by molar-refractivity contribution is -0.137. The van der Waals surface area contributed by atoms with Crippen molar-refractivity contribution in [3.63, 3.8) is 0 Å². The molecule has 0 aromatic heterocycles. The van der Waals surface area contributed by atoms with Crippen LogP contribution in [0.5, 0.6) is 0 Å². The highest BCUT2D eigenvalue weighted by Gasteiger charge is 2.47. The van der Waals surface area contributed by atoms with Crippen LogP contribution in [-0.2, 0) is 21.0 Å². The lowest BCUT2D eigenvalue weighted by Crippen LogP contribution is -2.43. The molecule has 1 aliphatic heterocycles. The van der Waals surface area contributed by atoms with E-state index < -0.39 is 21.8 Å². The van der Waals surface area contributed by atoms with Gasteiger partial charge in [-0.15, -0.1) is 0 Å². The zero-order chi connectivity index (χ0) is 22.3. The number of amides is 1. The fourth-order valence-electron chi connectivity index (χ4n) is 4.30. The van der Waals surface area contributed by atoms with E-state index in [2.05, 4.69) is 5.32 Å². The van der Waals surface area contributed by atoms with Crippen LogP contribution in [0.2, 0.25) is 0 Å². The summed E-state index contributed by atoms with van der Waals surface area (Å²) in [4.78, 5) is 11.9. The summed E-state index contributed by atoms with van der Waals surface area (Å²) in [6.07, 6.45) is -2.88. The standard InChI is InChI=1S/C20H28F3N3O3S/c1-12(2)17(24)9-19(27)25-18-7-6-13-10-26(11-16(13)18)30(28,29)15-5-3-4-14(8-15)20(21,22)23/h3-5,8,12-13,16-18H,6-7,9-11,24H2,1-2H3,(H,25,27)/t13-,16+,17+,18+/m0/s1. The summed E-state index contributed by atoms with van der Waals surface area (Å²) in [6.45, 7) is 4.32. The molecular formula is C20H28F3N3O3S. The van der Waals surface area contributed by atoms with E-state index in [1.807, 2.05) is 13.8 Å². The highest BCUT2D eigenvalue weighted by Crippen LogP contribution is 2.40. The zero-order valence-electron chi connectivity index (χ0n) is 17.0. The first kappa shape index (κ1) is 23.0. The van der Waals surface area contributed by atoms with Gasteiger partial charge in [0.05, 0.1) is 10.5 Å². The number of carbonyl (C=O) groups is 1. The predicted molar refractivity (Wildman–Crippen MR) is 106 cm³/mol. The molecule has 10 heteroatoms. The Bertz CT molecular complexity index is 889. The van der Waals surface area contributed by atoms with Crippen LogP contribution in [-0.4, -0.2) is 43.8 Å². The molecule has 0 spiro atoms. The molecule has 0 unspecified atom stereocenters. The maximum atomic E-state index is 13.0. The van der Waals surface area contributed by atoms with Gasteiger partial charge < -0.3 is 11.1 Å². The first-order valence-corrected chi connectivity index (χ1v) is 11.6. The predicted octanol–water partition coefficient (Wildman–Crippen LogP) is 2.59. The maximum absolute atomic E-state index is 13.0. The maximum Gasteiger partial charge on any atom is 0.416 e. The van der Waals surface area contributed by atoms with Crippen LogP contribution in [0.3, 0.4) is 0 Å². The van der Waals surface area contributed by atoms with Gasteiger partial charge in [0, 0.05) is 31.6 Å². The van der Waals surface area contributed by atoms with Crippen LogP contribution in [0.15, 0.2) is 29.2 Å². The molecule has 1 aliphatic carbocycles. The second-order valence-electron chi connectivity index (χ2n) is 8.63. The Labute approximate surface area is 175 Å². The average molecular weight is 448 g/mol. The third kappa shape index (κ3) is 4.81. The van der Waals surface area contributed by atoms with E-state index in [1.165, 1.54) is 10.4 Å². The zero-order valence-corrected chi connectivity index (χ0v) is 17.8. The quantitative estimate of drug-likeness (QED) is 0.701. The molecule has 1 aromatic rings. The summed E-state index contributed by atoms with van der Waals surface area (Å²) in [6, 6.07) is 3.42. The topological polar surface area (TPSA) is 92.5 Å². The highest BCUT2D eigenvalue weighted by molar-refractivity contribution is 7.89. The van der Waals surface area contributed by atoms with Crippen molar-refractivity contribution in [3.8, 4) is 0 Å². The monoisotopic (exact) mass is 447 g/mol. The minimum atomic E-state index is -4.61. The van der Waals surface area contributed by atoms with E-state index in [0.717, 1.165) is 25.0 Å². The number of nitrogens with zero attached hydrogens (tertiary/aromatic N) is 1. The lowest BCUT2D eigenvalue weighted by Gasteiger charge is -2.23. The Morgan fingerprint density at radius 2 is 1.97 bits per heavy atom. The van der Waals surface area contributed by atoms with Crippen molar-refractivity contribution < 1.29 is 26.4 Å². The summed E-state index contributed by atoms with van der Waals surface area (Å²) < 4.78 is 66.1. The lowest BCUT2D eigenvalue weighted by atomic mass is 9.97. The fourth-order valence-corrected chi connectivity index (χ4v) is 5.88. The molecule has 4 atom stereocenters. The number of carbonyl (C=O) groups excluding carboxylic acids is 1. The molecule has 2 fully saturated rings. The molecule has 3 rings (SSSR count). The number of hydrogen-bond donors (Lipinski definition) is 2. The van der Waals surface area contributed by atoms with Gasteiger partial charge in [-0.2, -0.15) is 17.5 Å². The molecule has 6 nitrogen and oxygen atoms in total. The number of halogens is 3. The largest absolute Gasteiger partial charge is 0.416 e. The molecule has 0 bridgehead atoms. The third-order valence-electron chi connectivity index (χ3n) is 6.25. The molecule has 1 heterocycles. The first-order chi connectivity index (χ1) is 13.9. The van der Waals surface area contributed by atoms with Gasteiger partial charge in [-0.05, 0) is 48.8 Å². The molecule has 1 amide bonds. The molecular weight excluding hydrogens is 419 g/mol. The van der Waals surface area contributed by atoms with E-state index in [4.69, 9.17) is 5.73 Å². The van der Waals surface area contributed by atoms with E-state index in [9.17, 15) is 26.4 Å². The summed E-state index contributed by atoms with van der Waals surface area (Å²) >= 11 is 0. The Hall–Kier alpha value is -1.65. The number of fused-ring (bicyclic) bond motifs is 1. The second-order valence-corrected chi connectivity index (χ2v) is 10.6. The number of nitrogens with one attached hydrogen (secondary N) is 1. The molecule has 2 aliphatic rings. The van der Waals surface area contributed by atoms with Gasteiger partial charge in [0.25, 0.3) is 0 Å². The Morgan fingerprint density at radius 1 is 1.27 bits per heavy atom. The molecule has 1 aromatic carbocycles. The summed E-state index contributed by atoms with van der Waals surface area (Å²) in [5, 5.41) is 2.99. The number of alkyl halides is 3. The van der Waals surface area contributed by atoms with Crippen LogP contribution in [0.25, 0.3) is 0 Å². The number of rotatable bonds is 6. The van der Waals surface area contributed by atoms with Crippen molar-refractivity contribution in [1.82, 2.24) is 9.62 Å². The normalized spacial score (nSPS) is 26.0. The third-order valence-corrected chi connectivity index (χ3v) is 8.07. The molecule has 1 saturated carbocycles. The number of benzene rings is 1. The van der Waals surface area contributed by atoms with E-state index in [-0.39, 0.29) is 60.2 Å². The van der Waals surface area contributed by atoms with E-state index in [1.54, 1.807) is 0 Å². The van der Waals surface area contributed by atoms with Gasteiger partial charge in [0.2, 0.25) is 15.9 Å². The van der Waals surface area contributed by atoms with Crippen molar-refractivity contribution in [1.29, 1.82) is 0 Å². The van der Waals surface area contributed by atoms with Crippen LogP contribution in [0, 0.1) is 17.8 Å². The molecule has 0 radical (unpaired) electrons. The van der Waals surface area contributed by atoms with Gasteiger partial charge >= 0.3 is 6.18 Å². The average Bonchev–Trinajstić information content (AvgIpc) is 3.23. The van der Waals surface area contributed by atoms with Crippen LogP contribution in [0.4, 0.5) is 13.2 Å². The van der Waals surface area contributed by atoms with Crippen molar-refractivity contribution in [2.45, 2.75) is 56.3 Å². The Morgan fingerprint density at radius 3 is 2.60 bits per heavy atom. The number of hydrogen-bond acceptors (Lipinski definition) is 4. The Kier molecular flexibility index (Phi) is 6.50. The van der Waals surface area contributed by atoms with Gasteiger partial charge in [0.1, 0.15) is 0 Å². The highest BCUT2D eigenvalue weighted by atomic mass is 32.2. The second kappa shape index (κ2) is 8.47. The molecule has 30 heavy (non-hydrogen) atoms. The summed E-state index contributed by atoms with van der Waals surface area (Å²) in [5.74, 6) is 0.0483. The van der Waals surface area contributed by atoms with Gasteiger partial charge in [-0.3, -0.25) is 4.79 Å². The van der Waals surface area contributed by atoms with Gasteiger partial charge in [-0.25, -0.2) is 8.42 Å². The first-order valence-electron chi connectivity index (χ1n) is 10.1. The molecule has 1 saturated heterocycles. The van der Waals surface area contributed by atoms with Crippen LogP contribution < -0.4 is 11.1 Å². The molecule has 168 valence electrons.